The highest BCUT2D eigenvalue weighted by Crippen LogP contribution is 2.40. The predicted octanol–water partition coefficient (Wildman–Crippen LogP) is 4.03. The van der Waals surface area contributed by atoms with Gasteiger partial charge in [-0.15, -0.1) is 0 Å². The molecule has 9 nitrogen and oxygen atoms in total. The predicted molar refractivity (Wildman–Crippen MR) is 136 cm³/mol. The molecule has 0 fully saturated rings. The van der Waals surface area contributed by atoms with E-state index in [4.69, 9.17) is 21.1 Å². The van der Waals surface area contributed by atoms with Gasteiger partial charge < -0.3 is 25.0 Å². The minimum absolute atomic E-state index is 0.454. The lowest BCUT2D eigenvalue weighted by Crippen LogP contribution is -2.31. The number of hydrogen-bond donors (Lipinski definition) is 4. The zero-order valence-corrected chi connectivity index (χ0v) is 20.4. The first-order chi connectivity index (χ1) is 17.3. The highest BCUT2D eigenvalue weighted by Gasteiger charge is 2.22. The third-order valence-corrected chi connectivity index (χ3v) is 6.41. The fraction of sp³-hybridized carbons (Fsp3) is 0.231. The molecule has 0 radical (unpaired) electrons. The maximum Gasteiger partial charge on any atom is 0.331 e. The van der Waals surface area contributed by atoms with Crippen LogP contribution in [-0.4, -0.2) is 51.3 Å². The number of H-pyrrole nitrogens is 1. The molecule has 0 aromatic heterocycles. The van der Waals surface area contributed by atoms with E-state index in [9.17, 15) is 15.0 Å². The number of aryl methyl sites for hydroxylation is 1. The zero-order chi connectivity index (χ0) is 25.4. The molecular weight excluding hydrogens is 484 g/mol. The quantitative estimate of drug-likeness (QED) is 0.312. The van der Waals surface area contributed by atoms with E-state index in [1.807, 2.05) is 49.5 Å². The Morgan fingerprint density at radius 1 is 1.11 bits per heavy atom. The van der Waals surface area contributed by atoms with Crippen molar-refractivity contribution >= 4 is 29.1 Å². The molecule has 4 N–H and O–H groups in total. The van der Waals surface area contributed by atoms with Crippen LogP contribution in [0.1, 0.15) is 6.92 Å². The molecule has 0 unspecified atom stereocenters. The molecule has 36 heavy (non-hydrogen) atoms. The SMILES string of the molecule is C[C@@H](O)[C@H](N=c1ccc2c(Nc3cccc(-c4ccc5c(c4)OCCO5)c3Cl)[nH]n(C)c-2c1)C(=O)O. The summed E-state index contributed by atoms with van der Waals surface area (Å²) in [6.07, 6.45) is -1.11. The van der Waals surface area contributed by atoms with Crippen molar-refractivity contribution in [3.63, 3.8) is 0 Å². The second-order valence-corrected chi connectivity index (χ2v) is 8.93. The lowest BCUT2D eigenvalue weighted by atomic mass is 10.0. The molecule has 10 heteroatoms. The van der Waals surface area contributed by atoms with E-state index >= 15 is 0 Å². The summed E-state index contributed by atoms with van der Waals surface area (Å²) >= 11 is 6.83. The van der Waals surface area contributed by atoms with E-state index in [-0.39, 0.29) is 0 Å². The van der Waals surface area contributed by atoms with Crippen LogP contribution < -0.4 is 20.1 Å². The van der Waals surface area contributed by atoms with E-state index in [2.05, 4.69) is 15.4 Å². The highest BCUT2D eigenvalue weighted by molar-refractivity contribution is 6.36. The summed E-state index contributed by atoms with van der Waals surface area (Å²) < 4.78 is 13.1. The summed E-state index contributed by atoms with van der Waals surface area (Å²) in [4.78, 5) is 15.6. The van der Waals surface area contributed by atoms with Gasteiger partial charge in [0.25, 0.3) is 0 Å². The number of aromatic nitrogens is 2. The van der Waals surface area contributed by atoms with Crippen molar-refractivity contribution in [3.8, 4) is 33.9 Å². The number of fused-ring (bicyclic) bond motifs is 2. The average molecular weight is 509 g/mol. The summed E-state index contributed by atoms with van der Waals surface area (Å²) in [7, 11) is 1.84. The molecule has 0 saturated heterocycles. The average Bonchev–Trinajstić information content (AvgIpc) is 3.17. The number of rotatable bonds is 6. The summed E-state index contributed by atoms with van der Waals surface area (Å²) in [5.41, 5.74) is 4.13. The van der Waals surface area contributed by atoms with Crippen molar-refractivity contribution in [2.24, 2.45) is 12.0 Å². The number of halogens is 1. The monoisotopic (exact) mass is 508 g/mol. The molecule has 2 aliphatic heterocycles. The molecule has 5 rings (SSSR count). The van der Waals surface area contributed by atoms with Gasteiger partial charge in [-0.25, -0.2) is 4.79 Å². The molecule has 3 aliphatic rings. The normalized spacial score (nSPS) is 15.1. The van der Waals surface area contributed by atoms with Gasteiger partial charge >= 0.3 is 5.97 Å². The smallest absolute Gasteiger partial charge is 0.331 e. The Hall–Kier alpha value is -3.95. The van der Waals surface area contributed by atoms with E-state index in [1.54, 1.807) is 16.8 Å². The molecule has 2 atom stereocenters. The number of anilines is 2. The first-order valence-electron chi connectivity index (χ1n) is 11.4. The molecule has 0 bridgehead atoms. The first-order valence-corrected chi connectivity index (χ1v) is 11.8. The van der Waals surface area contributed by atoms with Crippen LogP contribution in [0.4, 0.5) is 11.5 Å². The molecular formula is C26H25ClN4O5. The number of ether oxygens (including phenoxy) is 2. The molecule has 2 aromatic carbocycles. The number of carboxylic acids is 1. The lowest BCUT2D eigenvalue weighted by Gasteiger charge is -2.19. The number of aliphatic hydroxyl groups excluding tert-OH is 1. The van der Waals surface area contributed by atoms with Crippen LogP contribution in [0.25, 0.3) is 22.4 Å². The highest BCUT2D eigenvalue weighted by atomic mass is 35.5. The van der Waals surface area contributed by atoms with Crippen LogP contribution in [0.5, 0.6) is 11.5 Å². The molecule has 0 amide bonds. The first kappa shape index (κ1) is 23.8. The Bertz CT molecular complexity index is 1480. The molecule has 0 spiro atoms. The van der Waals surface area contributed by atoms with Gasteiger partial charge in [-0.1, -0.05) is 29.8 Å². The van der Waals surface area contributed by atoms with Crippen LogP contribution in [-0.2, 0) is 11.8 Å². The van der Waals surface area contributed by atoms with Gasteiger partial charge in [0.2, 0.25) is 0 Å². The number of benzene rings is 3. The van der Waals surface area contributed by atoms with Crippen LogP contribution in [0.2, 0.25) is 5.02 Å². The number of nitrogens with one attached hydrogen (secondary N) is 2. The van der Waals surface area contributed by atoms with E-state index < -0.39 is 18.1 Å². The minimum Gasteiger partial charge on any atom is -0.486 e. The maximum absolute atomic E-state index is 11.4. The van der Waals surface area contributed by atoms with Gasteiger partial charge in [-0.3, -0.25) is 14.8 Å². The standard InChI is InChI=1S/C26H25ClN4O5/c1-14(32)24(26(33)34)28-16-7-8-18-20(13-16)31(2)30-25(18)29-19-5-3-4-17(23(19)27)15-6-9-21-22(12-15)36-11-10-35-21/h3-9,12-14,24,29-30,32H,10-11H2,1-2H3,(H,33,34)/t14-,24+/m1/s1. The van der Waals surface area contributed by atoms with Gasteiger partial charge in [0, 0.05) is 18.2 Å². The summed E-state index contributed by atoms with van der Waals surface area (Å²) in [6.45, 7) is 2.44. The van der Waals surface area contributed by atoms with Crippen molar-refractivity contribution in [2.75, 3.05) is 18.5 Å². The Kier molecular flexibility index (Phi) is 6.34. The van der Waals surface area contributed by atoms with Gasteiger partial charge in [-0.2, -0.15) is 0 Å². The molecule has 186 valence electrons. The van der Waals surface area contributed by atoms with Crippen molar-refractivity contribution in [1.82, 2.24) is 9.78 Å². The third kappa shape index (κ3) is 4.50. The topological polar surface area (TPSA) is 121 Å². The van der Waals surface area contributed by atoms with Crippen molar-refractivity contribution in [1.29, 1.82) is 0 Å². The number of aliphatic carboxylic acids is 1. The Morgan fingerprint density at radius 2 is 1.89 bits per heavy atom. The van der Waals surface area contributed by atoms with Crippen LogP contribution in [0.15, 0.2) is 59.6 Å². The summed E-state index contributed by atoms with van der Waals surface area (Å²) in [5, 5.41) is 26.7. The largest absolute Gasteiger partial charge is 0.486 e. The number of aromatic amines is 1. The number of carbonyl (C=O) groups is 1. The molecule has 0 saturated carbocycles. The van der Waals surface area contributed by atoms with Crippen LogP contribution in [0, 0.1) is 0 Å². The van der Waals surface area contributed by atoms with Crippen molar-refractivity contribution < 1.29 is 24.5 Å². The number of hydrogen-bond acceptors (Lipinski definition) is 6. The van der Waals surface area contributed by atoms with Crippen molar-refractivity contribution in [2.45, 2.75) is 19.1 Å². The Balaban J connectivity index is 1.48. The fourth-order valence-electron chi connectivity index (χ4n) is 4.20. The summed E-state index contributed by atoms with van der Waals surface area (Å²) in [5.74, 6) is 0.941. The van der Waals surface area contributed by atoms with Gasteiger partial charge in [0.1, 0.15) is 19.0 Å². The molecule has 1 aliphatic carbocycles. The maximum atomic E-state index is 11.4. The van der Waals surface area contributed by atoms with E-state index in [0.717, 1.165) is 28.1 Å². The second-order valence-electron chi connectivity index (χ2n) is 8.55. The minimum atomic E-state index is -1.24. The van der Waals surface area contributed by atoms with Gasteiger partial charge in [0.15, 0.2) is 17.5 Å². The zero-order valence-electron chi connectivity index (χ0n) is 19.7. The van der Waals surface area contributed by atoms with Crippen LogP contribution in [0.3, 0.4) is 0 Å². The summed E-state index contributed by atoms with van der Waals surface area (Å²) in [6, 6.07) is 15.6. The molecule has 2 aromatic rings. The number of aliphatic hydroxyl groups is 1. The Labute approximate surface area is 211 Å². The van der Waals surface area contributed by atoms with E-state index in [1.165, 1.54) is 6.92 Å². The number of nitrogens with zero attached hydrogens (tertiary/aromatic N) is 2. The molecule has 2 heterocycles. The lowest BCUT2D eigenvalue weighted by molar-refractivity contribution is -0.140. The Morgan fingerprint density at radius 3 is 2.64 bits per heavy atom. The number of carboxylic acid groups (broad SMARTS) is 1. The van der Waals surface area contributed by atoms with Gasteiger partial charge in [0.05, 0.1) is 27.9 Å². The second kappa shape index (κ2) is 9.60. The fourth-order valence-corrected chi connectivity index (χ4v) is 4.48. The van der Waals surface area contributed by atoms with Gasteiger partial charge in [-0.05, 0) is 48.9 Å². The van der Waals surface area contributed by atoms with Crippen LogP contribution >= 0.6 is 11.6 Å². The van der Waals surface area contributed by atoms with E-state index in [0.29, 0.717) is 40.8 Å². The van der Waals surface area contributed by atoms with Crippen molar-refractivity contribution in [3.05, 3.63) is 65.0 Å². The third-order valence-electron chi connectivity index (χ3n) is 6.00.